The van der Waals surface area contributed by atoms with Gasteiger partial charge in [-0.1, -0.05) is 0 Å². The highest BCUT2D eigenvalue weighted by Crippen LogP contribution is 2.36. The van der Waals surface area contributed by atoms with Crippen molar-refractivity contribution in [3.63, 3.8) is 0 Å². The minimum atomic E-state index is -3.01. The molecule has 0 radical (unpaired) electrons. The number of halogens is 4. The van der Waals surface area contributed by atoms with Crippen LogP contribution in [0.3, 0.4) is 0 Å². The fraction of sp³-hybridized carbons (Fsp3) is 0.143. The van der Waals surface area contributed by atoms with E-state index in [9.17, 15) is 13.2 Å². The summed E-state index contributed by atoms with van der Waals surface area (Å²) < 4.78 is 39.7. The lowest BCUT2D eigenvalue weighted by molar-refractivity contribution is -0.0505. The molecule has 0 bridgehead atoms. The second-order valence-corrected chi connectivity index (χ2v) is 2.88. The molecule has 6 heteroatoms. The molecule has 0 atom stereocenters. The molecule has 0 fully saturated rings. The maximum atomic E-state index is 12.6. The largest absolute Gasteiger partial charge is 0.504 e. The molecule has 1 N–H and O–H groups in total. The van der Waals surface area contributed by atoms with Crippen molar-refractivity contribution in [2.45, 2.75) is 6.61 Å². The Morgan fingerprint density at radius 3 is 2.54 bits per heavy atom. The molecule has 0 aliphatic carbocycles. The van der Waals surface area contributed by atoms with Crippen LogP contribution in [0.2, 0.25) is 0 Å². The Kier molecular flexibility index (Phi) is 3.02. The van der Waals surface area contributed by atoms with E-state index in [0.29, 0.717) is 0 Å². The number of aromatic hydroxyl groups is 1. The highest BCUT2D eigenvalue weighted by molar-refractivity contribution is 9.10. The lowest BCUT2D eigenvalue weighted by atomic mass is 10.3. The molecule has 0 saturated carbocycles. The zero-order valence-electron chi connectivity index (χ0n) is 6.10. The van der Waals surface area contributed by atoms with E-state index in [1.807, 2.05) is 0 Å². The van der Waals surface area contributed by atoms with E-state index in [0.717, 1.165) is 12.1 Å². The smallest absolute Gasteiger partial charge is 0.387 e. The number of benzene rings is 1. The molecule has 1 aromatic rings. The van der Waals surface area contributed by atoms with Crippen molar-refractivity contribution in [2.75, 3.05) is 0 Å². The number of phenols is 1. The van der Waals surface area contributed by atoms with Crippen LogP contribution in [0.15, 0.2) is 16.6 Å². The van der Waals surface area contributed by atoms with E-state index in [2.05, 4.69) is 20.7 Å². The molecule has 0 amide bonds. The molecular formula is C7H4BrF3O2. The lowest BCUT2D eigenvalue weighted by Gasteiger charge is -2.07. The zero-order chi connectivity index (χ0) is 10.0. The van der Waals surface area contributed by atoms with Gasteiger partial charge in [0.05, 0.1) is 0 Å². The summed E-state index contributed by atoms with van der Waals surface area (Å²) in [4.78, 5) is 0. The van der Waals surface area contributed by atoms with Gasteiger partial charge in [0.25, 0.3) is 0 Å². The molecule has 0 saturated heterocycles. The van der Waals surface area contributed by atoms with Crippen LogP contribution in [0.4, 0.5) is 13.2 Å². The Balaban J connectivity index is 3.04. The van der Waals surface area contributed by atoms with Gasteiger partial charge in [0, 0.05) is 0 Å². The third-order valence-electron chi connectivity index (χ3n) is 1.25. The van der Waals surface area contributed by atoms with Gasteiger partial charge >= 0.3 is 6.61 Å². The lowest BCUT2D eigenvalue weighted by Crippen LogP contribution is -2.02. The van der Waals surface area contributed by atoms with E-state index in [1.54, 1.807) is 0 Å². The van der Waals surface area contributed by atoms with Gasteiger partial charge < -0.3 is 9.84 Å². The van der Waals surface area contributed by atoms with Crippen molar-refractivity contribution in [3.8, 4) is 11.5 Å². The van der Waals surface area contributed by atoms with Crippen molar-refractivity contribution in [1.29, 1.82) is 0 Å². The van der Waals surface area contributed by atoms with Gasteiger partial charge in [0.2, 0.25) is 0 Å². The van der Waals surface area contributed by atoms with Gasteiger partial charge in [-0.15, -0.1) is 0 Å². The minimum Gasteiger partial charge on any atom is -0.504 e. The van der Waals surface area contributed by atoms with Gasteiger partial charge in [-0.25, -0.2) is 4.39 Å². The maximum absolute atomic E-state index is 12.6. The highest BCUT2D eigenvalue weighted by Gasteiger charge is 2.14. The number of ether oxygens (including phenoxy) is 1. The fourth-order valence-electron chi connectivity index (χ4n) is 0.709. The second-order valence-electron chi connectivity index (χ2n) is 2.09. The Morgan fingerprint density at radius 1 is 1.38 bits per heavy atom. The summed E-state index contributed by atoms with van der Waals surface area (Å²) in [6.45, 7) is -3.01. The van der Waals surface area contributed by atoms with Crippen LogP contribution < -0.4 is 4.74 Å². The number of rotatable bonds is 2. The molecule has 0 aliphatic heterocycles. The third-order valence-corrected chi connectivity index (χ3v) is 2.01. The van der Waals surface area contributed by atoms with Crippen LogP contribution in [-0.2, 0) is 0 Å². The van der Waals surface area contributed by atoms with Crippen molar-refractivity contribution in [3.05, 3.63) is 22.4 Å². The van der Waals surface area contributed by atoms with E-state index >= 15 is 0 Å². The summed E-state index contributed by atoms with van der Waals surface area (Å²) in [5.74, 6) is -1.97. The summed E-state index contributed by atoms with van der Waals surface area (Å²) in [5, 5.41) is 8.95. The first-order chi connectivity index (χ1) is 6.02. The van der Waals surface area contributed by atoms with Crippen LogP contribution in [-0.4, -0.2) is 11.7 Å². The molecule has 0 unspecified atom stereocenters. The molecule has 72 valence electrons. The quantitative estimate of drug-likeness (QED) is 0.882. The van der Waals surface area contributed by atoms with Gasteiger partial charge in [-0.3, -0.25) is 0 Å². The summed E-state index contributed by atoms with van der Waals surface area (Å²) in [6.07, 6.45) is 0. The molecule has 1 rings (SSSR count). The summed E-state index contributed by atoms with van der Waals surface area (Å²) in [5.41, 5.74) is 0. The summed E-state index contributed by atoms with van der Waals surface area (Å²) in [7, 11) is 0. The van der Waals surface area contributed by atoms with Crippen LogP contribution >= 0.6 is 15.9 Å². The highest BCUT2D eigenvalue weighted by atomic mass is 79.9. The first kappa shape index (κ1) is 10.2. The average molecular weight is 257 g/mol. The first-order valence-electron chi connectivity index (χ1n) is 3.14. The van der Waals surface area contributed by atoms with Gasteiger partial charge in [0.1, 0.15) is 10.2 Å². The van der Waals surface area contributed by atoms with Gasteiger partial charge in [-0.2, -0.15) is 8.78 Å². The molecule has 1 aromatic carbocycles. The second kappa shape index (κ2) is 3.87. The number of alkyl halides is 2. The van der Waals surface area contributed by atoms with Crippen LogP contribution in [0, 0.1) is 5.82 Å². The van der Waals surface area contributed by atoms with Gasteiger partial charge in [-0.05, 0) is 28.1 Å². The van der Waals surface area contributed by atoms with Crippen LogP contribution in [0.1, 0.15) is 0 Å². The predicted molar refractivity (Wildman–Crippen MR) is 42.4 cm³/mol. The standard InChI is InChI=1S/C7H4BrF3O2/c8-5-4(13-7(10)11)2-1-3(9)6(5)12/h1-2,7,12H. The third kappa shape index (κ3) is 2.27. The molecule has 0 heterocycles. The molecule has 0 spiro atoms. The van der Waals surface area contributed by atoms with E-state index < -0.39 is 18.2 Å². The number of hydrogen-bond donors (Lipinski definition) is 1. The Labute approximate surface area is 80.1 Å². The topological polar surface area (TPSA) is 29.5 Å². The van der Waals surface area contributed by atoms with E-state index in [4.69, 9.17) is 5.11 Å². The number of hydrogen-bond acceptors (Lipinski definition) is 2. The molecule has 0 aromatic heterocycles. The van der Waals surface area contributed by atoms with Crippen molar-refractivity contribution < 1.29 is 23.0 Å². The Bertz CT molecular complexity index is 317. The van der Waals surface area contributed by atoms with Crippen molar-refractivity contribution >= 4 is 15.9 Å². The minimum absolute atomic E-state index is 0.229. The fourth-order valence-corrected chi connectivity index (χ4v) is 1.12. The maximum Gasteiger partial charge on any atom is 0.387 e. The van der Waals surface area contributed by atoms with E-state index in [1.165, 1.54) is 0 Å². The van der Waals surface area contributed by atoms with Crippen molar-refractivity contribution in [2.24, 2.45) is 0 Å². The molecular weight excluding hydrogens is 253 g/mol. The van der Waals surface area contributed by atoms with Crippen LogP contribution in [0.5, 0.6) is 11.5 Å². The molecule has 0 aliphatic rings. The van der Waals surface area contributed by atoms with Gasteiger partial charge in [0.15, 0.2) is 11.6 Å². The van der Waals surface area contributed by atoms with Crippen molar-refractivity contribution in [1.82, 2.24) is 0 Å². The predicted octanol–water partition coefficient (Wildman–Crippen LogP) is 2.90. The van der Waals surface area contributed by atoms with Crippen LogP contribution in [0.25, 0.3) is 0 Å². The van der Waals surface area contributed by atoms with E-state index in [-0.39, 0.29) is 10.2 Å². The summed E-state index contributed by atoms with van der Waals surface area (Å²) >= 11 is 2.71. The molecule has 2 nitrogen and oxygen atoms in total. The Morgan fingerprint density at radius 2 is 2.00 bits per heavy atom. The average Bonchev–Trinajstić information content (AvgIpc) is 2.06. The summed E-state index contributed by atoms with van der Waals surface area (Å²) in [6, 6.07) is 1.82. The first-order valence-corrected chi connectivity index (χ1v) is 3.93. The SMILES string of the molecule is Oc1c(F)ccc(OC(F)F)c1Br. The Hall–Kier alpha value is -0.910. The normalized spacial score (nSPS) is 10.5. The number of phenolic OH excluding ortho intramolecular Hbond substituents is 1. The zero-order valence-corrected chi connectivity index (χ0v) is 7.69. The monoisotopic (exact) mass is 256 g/mol. The molecule has 13 heavy (non-hydrogen) atoms.